The number of nitrogens with one attached hydrogen (secondary N) is 1. The van der Waals surface area contributed by atoms with Crippen LogP contribution < -0.4 is 20.5 Å². The first kappa shape index (κ1) is 24.0. The van der Waals surface area contributed by atoms with E-state index in [-0.39, 0.29) is 29.8 Å². The highest BCUT2D eigenvalue weighted by Crippen LogP contribution is 2.29. The van der Waals surface area contributed by atoms with Crippen LogP contribution in [-0.2, 0) is 6.42 Å². The average Bonchev–Trinajstić information content (AvgIpc) is 2.82. The Kier molecular flexibility index (Phi) is 8.17. The van der Waals surface area contributed by atoms with Crippen LogP contribution >= 0.6 is 0 Å². The minimum Gasteiger partial charge on any atom is -0.502 e. The number of aliphatic hydroxyl groups excluding tert-OH is 1. The van der Waals surface area contributed by atoms with Crippen molar-refractivity contribution in [1.82, 2.24) is 10.3 Å². The maximum absolute atomic E-state index is 13.6. The van der Waals surface area contributed by atoms with Gasteiger partial charge in [-0.25, -0.2) is 9.37 Å². The van der Waals surface area contributed by atoms with Crippen molar-refractivity contribution < 1.29 is 28.9 Å². The first-order chi connectivity index (χ1) is 15.9. The molecule has 0 bridgehead atoms. The molecule has 5 N–H and O–H groups in total. The predicted molar refractivity (Wildman–Crippen MR) is 120 cm³/mol. The van der Waals surface area contributed by atoms with Crippen molar-refractivity contribution in [1.29, 1.82) is 0 Å². The first-order valence-corrected chi connectivity index (χ1v) is 10.4. The van der Waals surface area contributed by atoms with Gasteiger partial charge in [-0.2, -0.15) is 0 Å². The van der Waals surface area contributed by atoms with Gasteiger partial charge in [-0.1, -0.05) is 25.1 Å². The quantitative estimate of drug-likeness (QED) is 0.327. The van der Waals surface area contributed by atoms with Gasteiger partial charge in [-0.15, -0.1) is 0 Å². The van der Waals surface area contributed by atoms with E-state index in [2.05, 4.69) is 10.3 Å². The number of hydrogen-bond donors (Lipinski definition) is 4. The lowest BCUT2D eigenvalue weighted by Crippen LogP contribution is -2.44. The van der Waals surface area contributed by atoms with E-state index in [0.717, 1.165) is 11.6 Å². The normalized spacial score (nSPS) is 12.7. The largest absolute Gasteiger partial charge is 0.502 e. The third-order valence-electron chi connectivity index (χ3n) is 4.89. The lowest BCUT2D eigenvalue weighted by molar-refractivity contribution is 0.0997. The second-order valence-corrected chi connectivity index (χ2v) is 7.32. The van der Waals surface area contributed by atoms with Crippen LogP contribution in [0.4, 0.5) is 4.39 Å². The number of benzene rings is 2. The Balaban J connectivity index is 1.63. The number of para-hydroxylation sites is 1. The van der Waals surface area contributed by atoms with Gasteiger partial charge in [0.1, 0.15) is 17.5 Å². The molecule has 0 aliphatic carbocycles. The van der Waals surface area contributed by atoms with Crippen molar-refractivity contribution in [3.63, 3.8) is 0 Å². The number of amides is 1. The van der Waals surface area contributed by atoms with Gasteiger partial charge in [0.2, 0.25) is 5.88 Å². The van der Waals surface area contributed by atoms with Gasteiger partial charge in [0.15, 0.2) is 17.3 Å². The summed E-state index contributed by atoms with van der Waals surface area (Å²) in [5, 5.41) is 22.8. The number of nitrogens with two attached hydrogens (primary N) is 1. The number of nitrogens with zero attached hydrogens (tertiary/aromatic N) is 1. The van der Waals surface area contributed by atoms with Crippen LogP contribution in [0.5, 0.6) is 23.1 Å². The Labute approximate surface area is 190 Å². The molecule has 0 unspecified atom stereocenters. The monoisotopic (exact) mass is 455 g/mol. The Morgan fingerprint density at radius 3 is 2.61 bits per heavy atom. The summed E-state index contributed by atoms with van der Waals surface area (Å²) in [5.74, 6) is -1.33. The Morgan fingerprint density at radius 2 is 1.94 bits per heavy atom. The van der Waals surface area contributed by atoms with Gasteiger partial charge < -0.3 is 25.4 Å². The summed E-state index contributed by atoms with van der Waals surface area (Å²) >= 11 is 0. The summed E-state index contributed by atoms with van der Waals surface area (Å²) in [6.45, 7) is 1.70. The topological polar surface area (TPSA) is 127 Å². The second-order valence-electron chi connectivity index (χ2n) is 7.32. The lowest BCUT2D eigenvalue weighted by Gasteiger charge is -2.25. The summed E-state index contributed by atoms with van der Waals surface area (Å²) in [7, 11) is 0. The van der Waals surface area contributed by atoms with Crippen molar-refractivity contribution in [3.8, 4) is 23.1 Å². The summed E-state index contributed by atoms with van der Waals surface area (Å²) < 4.78 is 24.9. The van der Waals surface area contributed by atoms with Crippen molar-refractivity contribution >= 4 is 5.91 Å². The van der Waals surface area contributed by atoms with Gasteiger partial charge in [0.05, 0.1) is 6.61 Å². The fraction of sp³-hybridized carbons (Fsp3) is 0.250. The van der Waals surface area contributed by atoms with E-state index in [9.17, 15) is 19.4 Å². The van der Waals surface area contributed by atoms with Gasteiger partial charge in [-0.3, -0.25) is 10.1 Å². The highest BCUT2D eigenvalue weighted by Gasteiger charge is 2.18. The zero-order chi connectivity index (χ0) is 23.8. The smallest absolute Gasteiger partial charge is 0.254 e. The van der Waals surface area contributed by atoms with Crippen LogP contribution in [0.1, 0.15) is 29.3 Å². The number of phenols is 1. The molecule has 9 heteroatoms. The predicted octanol–water partition coefficient (Wildman–Crippen LogP) is 3.13. The molecular weight excluding hydrogens is 429 g/mol. The number of carbonyl (C=O) groups excluding carboxylic acids is 1. The number of halogens is 1. The molecule has 0 spiro atoms. The first-order valence-electron chi connectivity index (χ1n) is 10.4. The number of phenolic OH excluding ortho intramolecular Hbond substituents is 1. The van der Waals surface area contributed by atoms with E-state index >= 15 is 0 Å². The van der Waals surface area contributed by atoms with Crippen molar-refractivity contribution in [2.75, 3.05) is 6.61 Å². The molecule has 0 saturated heterocycles. The molecule has 8 nitrogen and oxygen atoms in total. The minimum atomic E-state index is -0.767. The number of ether oxygens (including phenoxy) is 2. The second kappa shape index (κ2) is 11.3. The number of primary amides is 1. The van der Waals surface area contributed by atoms with Crippen molar-refractivity contribution in [2.24, 2.45) is 5.73 Å². The van der Waals surface area contributed by atoms with Gasteiger partial charge in [0.25, 0.3) is 5.91 Å². The number of hydrogen-bond acceptors (Lipinski definition) is 7. The molecule has 0 saturated carbocycles. The SMILES string of the molecule is CC[C@@H](N[C@H](CO)Cc1ccc(Oc2ncccc2C(N)=O)cc1)Oc1cccc(F)c1O. The number of aliphatic hydroxyl groups is 1. The van der Waals surface area contributed by atoms with Gasteiger partial charge >= 0.3 is 0 Å². The number of carbonyl (C=O) groups is 1. The fourth-order valence-electron chi connectivity index (χ4n) is 3.17. The summed E-state index contributed by atoms with van der Waals surface area (Å²) in [5.41, 5.74) is 6.44. The molecule has 0 radical (unpaired) electrons. The highest BCUT2D eigenvalue weighted by molar-refractivity contribution is 5.95. The van der Waals surface area contributed by atoms with Crippen LogP contribution in [0.25, 0.3) is 0 Å². The Hall–Kier alpha value is -3.69. The maximum Gasteiger partial charge on any atom is 0.254 e. The number of rotatable bonds is 11. The molecule has 0 aliphatic rings. The molecule has 2 aromatic carbocycles. The maximum atomic E-state index is 13.6. The number of aromatic nitrogens is 1. The summed E-state index contributed by atoms with van der Waals surface area (Å²) in [4.78, 5) is 15.6. The van der Waals surface area contributed by atoms with Gasteiger partial charge in [0, 0.05) is 12.2 Å². The third-order valence-corrected chi connectivity index (χ3v) is 4.89. The Morgan fingerprint density at radius 1 is 1.18 bits per heavy atom. The zero-order valence-electron chi connectivity index (χ0n) is 18.1. The molecule has 174 valence electrons. The molecule has 0 fully saturated rings. The molecule has 0 aliphatic heterocycles. The van der Waals surface area contributed by atoms with Crippen LogP contribution in [0.15, 0.2) is 60.8 Å². The number of pyridine rings is 1. The summed E-state index contributed by atoms with van der Waals surface area (Å²) in [6.07, 6.45) is 1.95. The van der Waals surface area contributed by atoms with E-state index in [1.807, 2.05) is 19.1 Å². The zero-order valence-corrected chi connectivity index (χ0v) is 18.1. The third kappa shape index (κ3) is 6.41. The van der Waals surface area contributed by atoms with E-state index in [0.29, 0.717) is 18.6 Å². The van der Waals surface area contributed by atoms with Gasteiger partial charge in [-0.05, 0) is 54.8 Å². The number of aromatic hydroxyl groups is 1. The fourth-order valence-corrected chi connectivity index (χ4v) is 3.17. The molecule has 1 aromatic heterocycles. The van der Waals surface area contributed by atoms with E-state index < -0.39 is 23.7 Å². The van der Waals surface area contributed by atoms with E-state index in [1.165, 1.54) is 24.4 Å². The molecule has 3 rings (SSSR count). The molecule has 1 amide bonds. The van der Waals surface area contributed by atoms with Crippen LogP contribution in [0.2, 0.25) is 0 Å². The van der Waals surface area contributed by atoms with Crippen LogP contribution in [0, 0.1) is 5.82 Å². The minimum absolute atomic E-state index is 0.0254. The molecule has 2 atom stereocenters. The molecule has 3 aromatic rings. The molecule has 33 heavy (non-hydrogen) atoms. The molecular formula is C24H26FN3O5. The molecule has 1 heterocycles. The van der Waals surface area contributed by atoms with Crippen LogP contribution in [-0.4, -0.2) is 40.0 Å². The highest BCUT2D eigenvalue weighted by atomic mass is 19.1. The van der Waals surface area contributed by atoms with Crippen molar-refractivity contribution in [2.45, 2.75) is 32.0 Å². The summed E-state index contributed by atoms with van der Waals surface area (Å²) in [6, 6.07) is 13.9. The average molecular weight is 455 g/mol. The van der Waals surface area contributed by atoms with Crippen LogP contribution in [0.3, 0.4) is 0 Å². The van der Waals surface area contributed by atoms with E-state index in [1.54, 1.807) is 18.2 Å². The lowest BCUT2D eigenvalue weighted by atomic mass is 10.1. The van der Waals surface area contributed by atoms with E-state index in [4.69, 9.17) is 15.2 Å². The van der Waals surface area contributed by atoms with Crippen molar-refractivity contribution in [3.05, 3.63) is 77.7 Å². The standard InChI is InChI=1S/C24H26FN3O5/c1-2-21(33-20-7-3-6-19(25)22(20)30)28-16(14-29)13-15-8-10-17(11-9-15)32-24-18(23(26)31)5-4-12-27-24/h3-12,16,21,28-30H,2,13-14H2,1H3,(H2,26,31)/t16-,21-/m0/s1. The Bertz CT molecular complexity index is 1080.